The van der Waals surface area contributed by atoms with E-state index in [9.17, 15) is 9.59 Å². The summed E-state index contributed by atoms with van der Waals surface area (Å²) in [5, 5.41) is 5.71. The molecule has 146 valence electrons. The third-order valence-corrected chi connectivity index (χ3v) is 4.39. The van der Waals surface area contributed by atoms with Crippen molar-refractivity contribution in [3.63, 3.8) is 0 Å². The van der Waals surface area contributed by atoms with Crippen LogP contribution in [0.1, 0.15) is 46.4 Å². The Kier molecular flexibility index (Phi) is 6.26. The number of carbonyl (C=O) groups is 2. The van der Waals surface area contributed by atoms with Gasteiger partial charge in [0.25, 0.3) is 11.8 Å². The van der Waals surface area contributed by atoms with Crippen molar-refractivity contribution in [1.82, 2.24) is 20.0 Å². The lowest BCUT2D eigenvalue weighted by atomic mass is 10.2. The zero-order chi connectivity index (χ0) is 19.9. The molecular formula is C21H24N4O3. The summed E-state index contributed by atoms with van der Waals surface area (Å²) in [6.45, 7) is 2.99. The van der Waals surface area contributed by atoms with Gasteiger partial charge in [0.05, 0.1) is 12.6 Å². The summed E-state index contributed by atoms with van der Waals surface area (Å²) >= 11 is 0. The van der Waals surface area contributed by atoms with Crippen LogP contribution in [0.3, 0.4) is 0 Å². The monoisotopic (exact) mass is 380 g/mol. The summed E-state index contributed by atoms with van der Waals surface area (Å²) in [6.07, 6.45) is 3.61. The number of ether oxygens (including phenoxy) is 1. The largest absolute Gasteiger partial charge is 0.497 e. The maximum Gasteiger partial charge on any atom is 0.287 e. The number of rotatable bonds is 8. The minimum absolute atomic E-state index is 0.185. The van der Waals surface area contributed by atoms with Crippen LogP contribution < -0.4 is 15.4 Å². The van der Waals surface area contributed by atoms with Gasteiger partial charge in [0.15, 0.2) is 5.69 Å². The van der Waals surface area contributed by atoms with E-state index in [1.54, 1.807) is 29.8 Å². The Morgan fingerprint density at radius 2 is 1.86 bits per heavy atom. The quantitative estimate of drug-likeness (QED) is 0.589. The van der Waals surface area contributed by atoms with Crippen LogP contribution in [0.2, 0.25) is 0 Å². The summed E-state index contributed by atoms with van der Waals surface area (Å²) in [7, 11) is 1.61. The molecule has 3 aromatic rings. The topological polar surface area (TPSA) is 84.7 Å². The Morgan fingerprint density at radius 1 is 1.07 bits per heavy atom. The zero-order valence-electron chi connectivity index (χ0n) is 16.1. The van der Waals surface area contributed by atoms with Crippen LogP contribution in [0.5, 0.6) is 5.75 Å². The van der Waals surface area contributed by atoms with Crippen molar-refractivity contribution in [2.45, 2.75) is 26.3 Å². The fourth-order valence-electron chi connectivity index (χ4n) is 2.83. The van der Waals surface area contributed by atoms with Crippen molar-refractivity contribution in [2.75, 3.05) is 13.7 Å². The summed E-state index contributed by atoms with van der Waals surface area (Å²) in [5.41, 5.74) is 1.80. The van der Waals surface area contributed by atoms with Gasteiger partial charge in [-0.25, -0.2) is 4.98 Å². The number of fused-ring (bicyclic) bond motifs is 1. The lowest BCUT2D eigenvalue weighted by Gasteiger charge is -2.06. The number of hydrogen-bond donors (Lipinski definition) is 2. The average Bonchev–Trinajstić information content (AvgIpc) is 3.12. The molecule has 0 saturated carbocycles. The highest BCUT2D eigenvalue weighted by atomic mass is 16.5. The molecule has 0 unspecified atom stereocenters. The summed E-state index contributed by atoms with van der Waals surface area (Å²) < 4.78 is 6.77. The molecule has 0 aliphatic carbocycles. The molecule has 0 saturated heterocycles. The van der Waals surface area contributed by atoms with E-state index < -0.39 is 0 Å². The maximum absolute atomic E-state index is 12.7. The Hall–Kier alpha value is -3.35. The first kappa shape index (κ1) is 19.4. The second-order valence-electron chi connectivity index (χ2n) is 6.38. The van der Waals surface area contributed by atoms with Gasteiger partial charge in [-0.2, -0.15) is 0 Å². The van der Waals surface area contributed by atoms with Crippen molar-refractivity contribution in [3.05, 3.63) is 65.7 Å². The van der Waals surface area contributed by atoms with Crippen molar-refractivity contribution >= 4 is 17.3 Å². The van der Waals surface area contributed by atoms with Gasteiger partial charge in [0, 0.05) is 19.3 Å². The first-order valence-electron chi connectivity index (χ1n) is 9.30. The molecule has 2 amide bonds. The molecule has 7 nitrogen and oxygen atoms in total. The minimum Gasteiger partial charge on any atom is -0.497 e. The molecule has 7 heteroatoms. The maximum atomic E-state index is 12.7. The lowest BCUT2D eigenvalue weighted by Crippen LogP contribution is -2.26. The van der Waals surface area contributed by atoms with E-state index in [4.69, 9.17) is 4.74 Å². The van der Waals surface area contributed by atoms with Gasteiger partial charge in [-0.1, -0.05) is 31.5 Å². The van der Waals surface area contributed by atoms with Crippen molar-refractivity contribution in [3.8, 4) is 5.75 Å². The van der Waals surface area contributed by atoms with Crippen LogP contribution >= 0.6 is 0 Å². The normalized spacial score (nSPS) is 10.6. The molecule has 0 fully saturated rings. The third-order valence-electron chi connectivity index (χ3n) is 4.39. The molecule has 3 rings (SSSR count). The Bertz CT molecular complexity index is 963. The van der Waals surface area contributed by atoms with Gasteiger partial charge in [-0.15, -0.1) is 0 Å². The number of carbonyl (C=O) groups excluding carboxylic acids is 2. The molecule has 0 aliphatic heterocycles. The van der Waals surface area contributed by atoms with E-state index in [0.29, 0.717) is 18.6 Å². The van der Waals surface area contributed by atoms with Gasteiger partial charge in [0.1, 0.15) is 5.75 Å². The van der Waals surface area contributed by atoms with E-state index in [1.165, 1.54) is 0 Å². The van der Waals surface area contributed by atoms with Crippen LogP contribution in [-0.2, 0) is 6.54 Å². The number of unbranched alkanes of at least 4 members (excludes halogenated alkanes) is 1. The molecule has 28 heavy (non-hydrogen) atoms. The van der Waals surface area contributed by atoms with E-state index in [2.05, 4.69) is 22.5 Å². The van der Waals surface area contributed by atoms with Crippen LogP contribution in [0.25, 0.3) is 5.52 Å². The van der Waals surface area contributed by atoms with Crippen LogP contribution in [-0.4, -0.2) is 34.9 Å². The predicted molar refractivity (Wildman–Crippen MR) is 107 cm³/mol. The second kappa shape index (κ2) is 9.03. The standard InChI is InChI=1S/C21H24N4O3/c1-3-4-12-22-20(26)18-17-7-5-6-13-25(17)19(24-18)21(27)23-14-15-8-10-16(28-2)11-9-15/h5-11,13H,3-4,12,14H2,1-2H3,(H,22,26)(H,23,27). The Labute approximate surface area is 163 Å². The molecule has 0 bridgehead atoms. The van der Waals surface area contributed by atoms with Crippen molar-refractivity contribution < 1.29 is 14.3 Å². The number of benzene rings is 1. The molecule has 0 aliphatic rings. The Morgan fingerprint density at radius 3 is 2.57 bits per heavy atom. The van der Waals surface area contributed by atoms with Crippen LogP contribution in [0, 0.1) is 0 Å². The molecular weight excluding hydrogens is 356 g/mol. The number of nitrogens with zero attached hydrogens (tertiary/aromatic N) is 2. The number of amides is 2. The Balaban J connectivity index is 1.77. The molecule has 0 spiro atoms. The second-order valence-corrected chi connectivity index (χ2v) is 6.38. The highest BCUT2D eigenvalue weighted by Gasteiger charge is 2.21. The minimum atomic E-state index is -0.343. The summed E-state index contributed by atoms with van der Waals surface area (Å²) in [6, 6.07) is 12.8. The first-order chi connectivity index (χ1) is 13.6. The smallest absolute Gasteiger partial charge is 0.287 e. The fourth-order valence-corrected chi connectivity index (χ4v) is 2.83. The molecule has 1 aromatic carbocycles. The van der Waals surface area contributed by atoms with Crippen LogP contribution in [0.15, 0.2) is 48.7 Å². The summed E-state index contributed by atoms with van der Waals surface area (Å²) in [4.78, 5) is 29.5. The molecule has 0 atom stereocenters. The van der Waals surface area contributed by atoms with Crippen LogP contribution in [0.4, 0.5) is 0 Å². The van der Waals surface area contributed by atoms with Gasteiger partial charge in [0.2, 0.25) is 5.82 Å². The molecule has 2 heterocycles. The van der Waals surface area contributed by atoms with Gasteiger partial charge >= 0.3 is 0 Å². The number of imidazole rings is 1. The lowest BCUT2D eigenvalue weighted by molar-refractivity contribution is 0.0940. The predicted octanol–water partition coefficient (Wildman–Crippen LogP) is 2.80. The summed E-state index contributed by atoms with van der Waals surface area (Å²) in [5.74, 6) is 0.328. The van der Waals surface area contributed by atoms with E-state index in [1.807, 2.05) is 30.3 Å². The number of methoxy groups -OCH3 is 1. The first-order valence-corrected chi connectivity index (χ1v) is 9.30. The SMILES string of the molecule is CCCCNC(=O)c1nc(C(=O)NCc2ccc(OC)cc2)n2ccccc12. The average molecular weight is 380 g/mol. The van der Waals surface area contributed by atoms with E-state index >= 15 is 0 Å². The molecule has 2 N–H and O–H groups in total. The molecule has 2 aromatic heterocycles. The van der Waals surface area contributed by atoms with Crippen molar-refractivity contribution in [2.24, 2.45) is 0 Å². The van der Waals surface area contributed by atoms with Crippen molar-refractivity contribution in [1.29, 1.82) is 0 Å². The van der Waals surface area contributed by atoms with Gasteiger partial charge in [-0.3, -0.25) is 14.0 Å². The number of hydrogen-bond acceptors (Lipinski definition) is 4. The fraction of sp³-hybridized carbons (Fsp3) is 0.286. The highest BCUT2D eigenvalue weighted by molar-refractivity contribution is 6.02. The third kappa shape index (κ3) is 4.31. The zero-order valence-corrected chi connectivity index (χ0v) is 16.1. The van der Waals surface area contributed by atoms with E-state index in [0.717, 1.165) is 24.2 Å². The van der Waals surface area contributed by atoms with Gasteiger partial charge < -0.3 is 15.4 Å². The van der Waals surface area contributed by atoms with Gasteiger partial charge in [-0.05, 0) is 36.2 Å². The number of nitrogens with one attached hydrogen (secondary N) is 2. The number of pyridine rings is 1. The van der Waals surface area contributed by atoms with E-state index in [-0.39, 0.29) is 23.3 Å². The molecule has 0 radical (unpaired) electrons. The number of aromatic nitrogens is 2. The highest BCUT2D eigenvalue weighted by Crippen LogP contribution is 2.14.